The third-order valence-electron chi connectivity index (χ3n) is 4.43. The Bertz CT molecular complexity index is 955. The molecule has 0 radical (unpaired) electrons. The van der Waals surface area contributed by atoms with Gasteiger partial charge in [-0.05, 0) is 43.5 Å². The predicted octanol–water partition coefficient (Wildman–Crippen LogP) is 3.46. The lowest BCUT2D eigenvalue weighted by atomic mass is 10.1. The van der Waals surface area contributed by atoms with Crippen LogP contribution >= 0.6 is 11.6 Å². The third-order valence-corrected chi connectivity index (χ3v) is 6.34. The SMILES string of the molecule is Cc1cccc(COC(=O)c2ccc(Cl)c(S(=O)(=O)NCC3CCCO3)c2)c1. The quantitative estimate of drug-likeness (QED) is 0.689. The first kappa shape index (κ1) is 20.8. The minimum Gasteiger partial charge on any atom is -0.457 e. The van der Waals surface area contributed by atoms with E-state index in [0.717, 1.165) is 24.0 Å². The minimum absolute atomic E-state index is 0.0371. The van der Waals surface area contributed by atoms with Crippen molar-refractivity contribution in [3.8, 4) is 0 Å². The van der Waals surface area contributed by atoms with Crippen molar-refractivity contribution in [3.63, 3.8) is 0 Å². The summed E-state index contributed by atoms with van der Waals surface area (Å²) in [7, 11) is -3.88. The van der Waals surface area contributed by atoms with Crippen molar-refractivity contribution in [2.24, 2.45) is 0 Å². The van der Waals surface area contributed by atoms with Gasteiger partial charge in [-0.15, -0.1) is 0 Å². The van der Waals surface area contributed by atoms with Crippen LogP contribution in [0.5, 0.6) is 0 Å². The van der Waals surface area contributed by atoms with Crippen LogP contribution in [0.15, 0.2) is 47.4 Å². The molecule has 0 aliphatic carbocycles. The summed E-state index contributed by atoms with van der Waals surface area (Å²) in [5, 5.41) is 0.0371. The average Bonchev–Trinajstić information content (AvgIpc) is 3.18. The molecule has 0 spiro atoms. The largest absolute Gasteiger partial charge is 0.457 e. The lowest BCUT2D eigenvalue weighted by Crippen LogP contribution is -2.32. The van der Waals surface area contributed by atoms with Gasteiger partial charge in [-0.2, -0.15) is 0 Å². The molecule has 1 atom stereocenters. The molecule has 0 bridgehead atoms. The van der Waals surface area contributed by atoms with Crippen molar-refractivity contribution in [2.75, 3.05) is 13.2 Å². The summed E-state index contributed by atoms with van der Waals surface area (Å²) in [6, 6.07) is 11.7. The molecule has 0 amide bonds. The summed E-state index contributed by atoms with van der Waals surface area (Å²) in [5.41, 5.74) is 2.04. The van der Waals surface area contributed by atoms with E-state index >= 15 is 0 Å². The maximum atomic E-state index is 12.6. The Kier molecular flexibility index (Phi) is 6.72. The highest BCUT2D eigenvalue weighted by Gasteiger charge is 2.23. The van der Waals surface area contributed by atoms with Crippen LogP contribution in [0, 0.1) is 6.92 Å². The standard InChI is InChI=1S/C20H22ClNO5S/c1-14-4-2-5-15(10-14)13-27-20(23)16-7-8-18(21)19(11-16)28(24,25)22-12-17-6-3-9-26-17/h2,4-5,7-8,10-11,17,22H,3,6,9,12-13H2,1H3. The fraction of sp³-hybridized carbons (Fsp3) is 0.350. The van der Waals surface area contributed by atoms with Crippen LogP contribution in [0.4, 0.5) is 0 Å². The van der Waals surface area contributed by atoms with E-state index in [1.807, 2.05) is 31.2 Å². The Hall–Kier alpha value is -1.93. The number of benzene rings is 2. The van der Waals surface area contributed by atoms with Crippen LogP contribution in [-0.2, 0) is 26.1 Å². The molecular formula is C20H22ClNO5S. The van der Waals surface area contributed by atoms with Gasteiger partial charge in [0.25, 0.3) is 0 Å². The van der Waals surface area contributed by atoms with Crippen molar-refractivity contribution < 1.29 is 22.7 Å². The monoisotopic (exact) mass is 423 g/mol. The molecule has 1 saturated heterocycles. The number of ether oxygens (including phenoxy) is 2. The van der Waals surface area contributed by atoms with Crippen LogP contribution in [0.2, 0.25) is 5.02 Å². The second-order valence-corrected chi connectivity index (χ2v) is 8.84. The Morgan fingerprint density at radius 3 is 2.82 bits per heavy atom. The van der Waals surface area contributed by atoms with Crippen molar-refractivity contribution >= 4 is 27.6 Å². The summed E-state index contributed by atoms with van der Waals surface area (Å²) in [6.07, 6.45) is 1.58. The molecular weight excluding hydrogens is 402 g/mol. The number of esters is 1. The molecule has 1 fully saturated rings. The van der Waals surface area contributed by atoms with Gasteiger partial charge in [0, 0.05) is 13.2 Å². The molecule has 0 aromatic heterocycles. The zero-order valence-corrected chi connectivity index (χ0v) is 17.1. The fourth-order valence-electron chi connectivity index (χ4n) is 2.96. The lowest BCUT2D eigenvalue weighted by molar-refractivity contribution is 0.0472. The molecule has 6 nitrogen and oxygen atoms in total. The number of hydrogen-bond acceptors (Lipinski definition) is 5. The summed E-state index contributed by atoms with van der Waals surface area (Å²) >= 11 is 6.07. The first-order valence-corrected chi connectivity index (χ1v) is 10.8. The first-order valence-electron chi connectivity index (χ1n) is 8.98. The van der Waals surface area contributed by atoms with Gasteiger partial charge in [0.05, 0.1) is 16.7 Å². The molecule has 0 saturated carbocycles. The van der Waals surface area contributed by atoms with E-state index in [4.69, 9.17) is 21.1 Å². The number of carbonyl (C=O) groups excluding carboxylic acids is 1. The van der Waals surface area contributed by atoms with Crippen molar-refractivity contribution in [3.05, 3.63) is 64.2 Å². The first-order chi connectivity index (χ1) is 13.3. The Balaban J connectivity index is 1.69. The molecule has 1 aliphatic rings. The van der Waals surface area contributed by atoms with Crippen LogP contribution in [0.3, 0.4) is 0 Å². The number of halogens is 1. The van der Waals surface area contributed by atoms with Gasteiger partial charge in [-0.3, -0.25) is 0 Å². The lowest BCUT2D eigenvalue weighted by Gasteiger charge is -2.13. The van der Waals surface area contributed by atoms with Gasteiger partial charge in [0.15, 0.2) is 0 Å². The molecule has 1 heterocycles. The van der Waals surface area contributed by atoms with E-state index < -0.39 is 16.0 Å². The fourth-order valence-corrected chi connectivity index (χ4v) is 4.55. The summed E-state index contributed by atoms with van der Waals surface area (Å²) in [4.78, 5) is 12.2. The molecule has 1 N–H and O–H groups in total. The zero-order chi connectivity index (χ0) is 20.1. The second kappa shape index (κ2) is 9.05. The van der Waals surface area contributed by atoms with Gasteiger partial charge in [-0.1, -0.05) is 41.4 Å². The van der Waals surface area contributed by atoms with Gasteiger partial charge >= 0.3 is 5.97 Å². The molecule has 28 heavy (non-hydrogen) atoms. The number of aryl methyl sites for hydroxylation is 1. The molecule has 150 valence electrons. The van der Waals surface area contributed by atoms with E-state index in [9.17, 15) is 13.2 Å². The Labute approximate surface area is 169 Å². The molecule has 2 aromatic rings. The Morgan fingerprint density at radius 2 is 2.11 bits per heavy atom. The van der Waals surface area contributed by atoms with Gasteiger partial charge in [-0.25, -0.2) is 17.9 Å². The van der Waals surface area contributed by atoms with Gasteiger partial charge in [0.2, 0.25) is 10.0 Å². The number of carbonyl (C=O) groups is 1. The third kappa shape index (κ3) is 5.32. The summed E-state index contributed by atoms with van der Waals surface area (Å²) < 4.78 is 38.4. The van der Waals surface area contributed by atoms with E-state index in [-0.39, 0.29) is 34.7 Å². The minimum atomic E-state index is -3.88. The highest BCUT2D eigenvalue weighted by Crippen LogP contribution is 2.24. The van der Waals surface area contributed by atoms with Crippen LogP contribution < -0.4 is 4.72 Å². The second-order valence-electron chi connectivity index (χ2n) is 6.70. The topological polar surface area (TPSA) is 81.7 Å². The van der Waals surface area contributed by atoms with E-state index in [1.165, 1.54) is 18.2 Å². The number of sulfonamides is 1. The van der Waals surface area contributed by atoms with Crippen LogP contribution in [0.25, 0.3) is 0 Å². The molecule has 3 rings (SSSR count). The normalized spacial score (nSPS) is 16.9. The number of hydrogen-bond donors (Lipinski definition) is 1. The number of nitrogens with one attached hydrogen (secondary N) is 1. The van der Waals surface area contributed by atoms with Crippen molar-refractivity contribution in [1.29, 1.82) is 0 Å². The average molecular weight is 424 g/mol. The predicted molar refractivity (Wildman–Crippen MR) is 106 cm³/mol. The summed E-state index contributed by atoms with van der Waals surface area (Å²) in [5.74, 6) is -0.617. The highest BCUT2D eigenvalue weighted by molar-refractivity contribution is 7.89. The molecule has 1 aliphatic heterocycles. The van der Waals surface area contributed by atoms with Crippen molar-refractivity contribution in [2.45, 2.75) is 37.4 Å². The van der Waals surface area contributed by atoms with E-state index in [0.29, 0.717) is 6.61 Å². The molecule has 2 aromatic carbocycles. The molecule has 1 unspecified atom stereocenters. The zero-order valence-electron chi connectivity index (χ0n) is 15.5. The van der Waals surface area contributed by atoms with E-state index in [1.54, 1.807) is 0 Å². The smallest absolute Gasteiger partial charge is 0.338 e. The molecule has 8 heteroatoms. The van der Waals surface area contributed by atoms with Crippen LogP contribution in [0.1, 0.15) is 34.3 Å². The highest BCUT2D eigenvalue weighted by atomic mass is 35.5. The summed E-state index contributed by atoms with van der Waals surface area (Å²) in [6.45, 7) is 2.85. The van der Waals surface area contributed by atoms with Gasteiger partial charge in [0.1, 0.15) is 11.5 Å². The van der Waals surface area contributed by atoms with E-state index in [2.05, 4.69) is 4.72 Å². The van der Waals surface area contributed by atoms with Crippen LogP contribution in [-0.4, -0.2) is 33.6 Å². The Morgan fingerprint density at radius 1 is 1.29 bits per heavy atom. The number of rotatable bonds is 7. The maximum absolute atomic E-state index is 12.6. The van der Waals surface area contributed by atoms with Gasteiger partial charge < -0.3 is 9.47 Å². The maximum Gasteiger partial charge on any atom is 0.338 e. The van der Waals surface area contributed by atoms with Crippen molar-refractivity contribution in [1.82, 2.24) is 4.72 Å².